The fraction of sp³-hybridized carbons (Fsp3) is 0.0769. The highest BCUT2D eigenvalue weighted by atomic mass is 127. The van der Waals surface area contributed by atoms with E-state index >= 15 is 0 Å². The van der Waals surface area contributed by atoms with Gasteiger partial charge < -0.3 is 8.35 Å². The van der Waals surface area contributed by atoms with E-state index in [0.717, 1.165) is 5.69 Å². The van der Waals surface area contributed by atoms with Crippen molar-refractivity contribution in [3.8, 4) is 0 Å². The molecule has 0 amide bonds. The molecule has 18 heavy (non-hydrogen) atoms. The molecule has 0 saturated carbocycles. The molecule has 1 aliphatic heterocycles. The summed E-state index contributed by atoms with van der Waals surface area (Å²) in [5.41, 5.74) is 2.76. The van der Waals surface area contributed by atoms with E-state index in [9.17, 15) is 4.79 Å². The standard InChI is InChI=1S/C13H13IN2O.Al.2H/c1-3-11-12(4-2)16(15-13(11)17)9-10-5-7-14-8-6-10;;;/h3-8H,1-2,9H2,(H,15,17);;;/q;+1;;/p-1. The van der Waals surface area contributed by atoms with E-state index in [4.69, 9.17) is 0 Å². The average molecular weight is 368 g/mol. The van der Waals surface area contributed by atoms with Gasteiger partial charge in [0.1, 0.15) is 0 Å². The molecular formula is C13H14AlIN2O. The van der Waals surface area contributed by atoms with Gasteiger partial charge in [0.25, 0.3) is 0 Å². The van der Waals surface area contributed by atoms with Crippen LogP contribution in [0.2, 0.25) is 0 Å². The van der Waals surface area contributed by atoms with Gasteiger partial charge in [0.2, 0.25) is 5.56 Å². The van der Waals surface area contributed by atoms with Gasteiger partial charge in [0.15, 0.2) is 0 Å². The molecule has 0 spiro atoms. The second-order valence-corrected chi connectivity index (χ2v) is 6.88. The van der Waals surface area contributed by atoms with Gasteiger partial charge in [-0.1, -0.05) is 52.1 Å². The fourth-order valence-electron chi connectivity index (χ4n) is 1.90. The van der Waals surface area contributed by atoms with Crippen LogP contribution in [0.15, 0.2) is 39.8 Å². The van der Waals surface area contributed by atoms with Gasteiger partial charge in [-0.3, -0.25) is 4.79 Å². The topological polar surface area (TPSA) is 26.9 Å². The minimum atomic E-state index is 0.0309. The highest BCUT2D eigenvalue weighted by Gasteiger charge is 2.12. The summed E-state index contributed by atoms with van der Waals surface area (Å²) < 4.78 is 8.21. The molecule has 0 N–H and O–H groups in total. The van der Waals surface area contributed by atoms with Crippen LogP contribution >= 0.6 is 20.7 Å². The van der Waals surface area contributed by atoms with Crippen molar-refractivity contribution in [2.24, 2.45) is 0 Å². The van der Waals surface area contributed by atoms with E-state index in [-0.39, 0.29) is 26.3 Å². The molecule has 0 unspecified atom stereocenters. The van der Waals surface area contributed by atoms with Crippen molar-refractivity contribution in [2.45, 2.75) is 6.54 Å². The van der Waals surface area contributed by atoms with Crippen LogP contribution in [-0.2, 0) is 6.54 Å². The lowest BCUT2D eigenvalue weighted by atomic mass is 10.2. The Labute approximate surface area is 124 Å². The summed E-state index contributed by atoms with van der Waals surface area (Å²) in [5, 5.41) is 0. The Morgan fingerprint density at radius 2 is 2.17 bits per heavy atom. The minimum Gasteiger partial charge on any atom is -0.356 e. The zero-order chi connectivity index (χ0) is 13.1. The molecule has 2 rings (SSSR count). The average Bonchev–Trinajstić information content (AvgIpc) is 2.63. The first kappa shape index (κ1) is 13.5. The molecule has 0 saturated heterocycles. The van der Waals surface area contributed by atoms with Crippen LogP contribution < -0.4 is 5.56 Å². The second kappa shape index (κ2) is 5.83. The number of hydrogen-bond donors (Lipinski definition) is 0. The third-order valence-electron chi connectivity index (χ3n) is 2.87. The van der Waals surface area contributed by atoms with Crippen molar-refractivity contribution < 1.29 is 0 Å². The second-order valence-electron chi connectivity index (χ2n) is 3.88. The van der Waals surface area contributed by atoms with Crippen LogP contribution in [0.25, 0.3) is 12.2 Å². The first-order chi connectivity index (χ1) is 8.69. The minimum absolute atomic E-state index is 0.0309. The largest absolute Gasteiger partial charge is 0.400 e. The monoisotopic (exact) mass is 368 g/mol. The Hall–Kier alpha value is -0.898. The summed E-state index contributed by atoms with van der Waals surface area (Å²) in [6, 6.07) is 0. The maximum atomic E-state index is 12.1. The van der Waals surface area contributed by atoms with Gasteiger partial charge in [-0.2, -0.15) is 0 Å². The molecule has 0 fully saturated rings. The van der Waals surface area contributed by atoms with E-state index in [1.807, 2.05) is 4.68 Å². The molecule has 0 aliphatic carbocycles. The first-order valence-corrected chi connectivity index (χ1v) is 8.93. The number of halogens is 1. The summed E-state index contributed by atoms with van der Waals surface area (Å²) in [6.07, 6.45) is 7.66. The third kappa shape index (κ3) is 2.44. The quantitative estimate of drug-likeness (QED) is 0.586. The van der Waals surface area contributed by atoms with E-state index in [1.165, 1.54) is 5.57 Å². The molecular weight excluding hydrogens is 354 g/mol. The lowest BCUT2D eigenvalue weighted by molar-refractivity contribution is 0.631. The maximum Gasteiger partial charge on any atom is 0.400 e. The van der Waals surface area contributed by atoms with E-state index < -0.39 is 0 Å². The third-order valence-corrected chi connectivity index (χ3v) is 5.31. The van der Waals surface area contributed by atoms with Gasteiger partial charge in [0, 0.05) is 0 Å². The lowest BCUT2D eigenvalue weighted by Crippen LogP contribution is -2.22. The Kier molecular flexibility index (Phi) is 4.38. The Morgan fingerprint density at radius 1 is 1.39 bits per heavy atom. The van der Waals surface area contributed by atoms with Crippen LogP contribution in [0.5, 0.6) is 0 Å². The summed E-state index contributed by atoms with van der Waals surface area (Å²) in [7, 11) is 0. The number of nitrogens with zero attached hydrogens (tertiary/aromatic N) is 2. The smallest absolute Gasteiger partial charge is 0.356 e. The molecule has 5 heteroatoms. The first-order valence-electron chi connectivity index (χ1n) is 5.54. The zero-order valence-corrected chi connectivity index (χ0v) is 14.4. The fourth-order valence-corrected chi connectivity index (χ4v) is 4.08. The SMILES string of the molecule is C=Cc1c(C=C)n(CC2=CC=IC=C2)[n]([AlH2])c1=O. The number of allylic oxidation sites excluding steroid dienone is 3. The van der Waals surface area contributed by atoms with E-state index in [0.29, 0.717) is 28.6 Å². The number of aromatic nitrogens is 2. The van der Waals surface area contributed by atoms with Gasteiger partial charge in [-0.05, 0) is 19.7 Å². The lowest BCUT2D eigenvalue weighted by Gasteiger charge is -2.12. The van der Waals surface area contributed by atoms with Crippen molar-refractivity contribution in [3.05, 3.63) is 56.6 Å². The molecule has 1 aromatic heterocycles. The van der Waals surface area contributed by atoms with Crippen LogP contribution in [-0.4, -0.2) is 28.9 Å². The van der Waals surface area contributed by atoms with Crippen LogP contribution in [0.4, 0.5) is 0 Å². The van der Waals surface area contributed by atoms with Crippen LogP contribution in [0, 0.1) is 0 Å². The van der Waals surface area contributed by atoms with E-state index in [2.05, 4.69) is 33.4 Å². The molecule has 3 nitrogen and oxygen atoms in total. The molecule has 1 aliphatic rings. The molecule has 0 radical (unpaired) electrons. The predicted octanol–water partition coefficient (Wildman–Crippen LogP) is 1.56. The molecule has 2 heterocycles. The highest BCUT2D eigenvalue weighted by molar-refractivity contribution is 14.2. The van der Waals surface area contributed by atoms with Crippen LogP contribution in [0.1, 0.15) is 11.3 Å². The molecule has 92 valence electrons. The zero-order valence-electron chi connectivity index (χ0n) is 10.3. The predicted molar refractivity (Wildman–Crippen MR) is 90.1 cm³/mol. The Balaban J connectivity index is 2.51. The van der Waals surface area contributed by atoms with Crippen molar-refractivity contribution in [1.82, 2.24) is 8.35 Å². The summed E-state index contributed by atoms with van der Waals surface area (Å²) in [6.45, 7) is 8.23. The normalized spacial score (nSPS) is 13.9. The molecule has 0 atom stereocenters. The van der Waals surface area contributed by atoms with Gasteiger partial charge in [0.05, 0.1) is 17.8 Å². The van der Waals surface area contributed by atoms with Gasteiger partial charge >= 0.3 is 16.5 Å². The van der Waals surface area contributed by atoms with Crippen molar-refractivity contribution in [1.29, 1.82) is 0 Å². The Morgan fingerprint density at radius 3 is 2.72 bits per heavy atom. The van der Waals surface area contributed by atoms with Crippen molar-refractivity contribution >= 4 is 53.4 Å². The summed E-state index contributed by atoms with van der Waals surface area (Å²) >= 11 is 0.753. The number of rotatable bonds is 4. The van der Waals surface area contributed by atoms with Crippen molar-refractivity contribution in [2.75, 3.05) is 0 Å². The Bertz CT molecular complexity index is 647. The molecule has 0 aromatic carbocycles. The van der Waals surface area contributed by atoms with Crippen molar-refractivity contribution in [3.63, 3.8) is 0 Å². The van der Waals surface area contributed by atoms with Gasteiger partial charge in [-0.25, -0.2) is 0 Å². The maximum absolute atomic E-state index is 12.1. The summed E-state index contributed by atoms with van der Waals surface area (Å²) in [5.74, 6) is 0. The highest BCUT2D eigenvalue weighted by Crippen LogP contribution is 2.15. The van der Waals surface area contributed by atoms with Crippen LogP contribution in [0.3, 0.4) is 0 Å². The summed E-state index contributed by atoms with van der Waals surface area (Å²) in [4.78, 5) is 12.1. The molecule has 1 aromatic rings. The number of hydrogen-bond acceptors (Lipinski definition) is 1. The van der Waals surface area contributed by atoms with E-state index in [1.54, 1.807) is 15.8 Å². The molecule has 0 bridgehead atoms. The van der Waals surface area contributed by atoms with Gasteiger partial charge in [-0.15, -0.1) is 0 Å².